The van der Waals surface area contributed by atoms with Gasteiger partial charge in [-0.3, -0.25) is 4.79 Å². The van der Waals surface area contributed by atoms with Gasteiger partial charge in [-0.25, -0.2) is 4.98 Å². The van der Waals surface area contributed by atoms with E-state index in [-0.39, 0.29) is 24.1 Å². The van der Waals surface area contributed by atoms with Gasteiger partial charge < -0.3 is 10.0 Å². The minimum absolute atomic E-state index is 0.0722. The summed E-state index contributed by atoms with van der Waals surface area (Å²) >= 11 is 0. The number of hydrogen-bond acceptors (Lipinski definition) is 4. The number of hydrogen-bond donors (Lipinski definition) is 1. The van der Waals surface area contributed by atoms with Gasteiger partial charge in [0.25, 0.3) is 5.91 Å². The Kier molecular flexibility index (Phi) is 3.19. The molecule has 1 aromatic rings. The van der Waals surface area contributed by atoms with Crippen molar-refractivity contribution in [2.75, 3.05) is 0 Å². The number of carbonyl (C=O) groups excluding carboxylic acids is 1. The first-order valence-electron chi connectivity index (χ1n) is 6.98. The van der Waals surface area contributed by atoms with Crippen molar-refractivity contribution in [1.29, 1.82) is 5.26 Å². The van der Waals surface area contributed by atoms with E-state index in [4.69, 9.17) is 5.26 Å². The SMILES string of the molecule is Cc1nc(C(=O)N2C3CCC2CC(O)C3)ccc1C#N. The minimum atomic E-state index is -0.285. The molecule has 5 heteroatoms. The van der Waals surface area contributed by atoms with Gasteiger partial charge in [0.1, 0.15) is 11.8 Å². The number of nitriles is 1. The second kappa shape index (κ2) is 4.88. The molecule has 3 rings (SSSR count). The molecule has 20 heavy (non-hydrogen) atoms. The second-order valence-corrected chi connectivity index (χ2v) is 5.66. The van der Waals surface area contributed by atoms with Crippen LogP contribution < -0.4 is 0 Å². The average Bonchev–Trinajstić information content (AvgIpc) is 2.70. The molecule has 1 amide bonds. The van der Waals surface area contributed by atoms with Crippen molar-refractivity contribution in [3.63, 3.8) is 0 Å². The largest absolute Gasteiger partial charge is 0.393 e. The number of nitrogens with zero attached hydrogens (tertiary/aromatic N) is 3. The quantitative estimate of drug-likeness (QED) is 0.837. The summed E-state index contributed by atoms with van der Waals surface area (Å²) in [6.07, 6.45) is 2.97. The lowest BCUT2D eigenvalue weighted by molar-refractivity contribution is 0.0282. The number of fused-ring (bicyclic) bond motifs is 2. The molecule has 3 heterocycles. The fourth-order valence-electron chi connectivity index (χ4n) is 3.41. The van der Waals surface area contributed by atoms with Crippen molar-refractivity contribution in [2.24, 2.45) is 0 Å². The van der Waals surface area contributed by atoms with Crippen molar-refractivity contribution in [2.45, 2.75) is 50.8 Å². The molecule has 2 bridgehead atoms. The Labute approximate surface area is 117 Å². The van der Waals surface area contributed by atoms with Crippen molar-refractivity contribution >= 4 is 5.91 Å². The van der Waals surface area contributed by atoms with Crippen molar-refractivity contribution in [3.8, 4) is 6.07 Å². The summed E-state index contributed by atoms with van der Waals surface area (Å²) < 4.78 is 0. The standard InChI is InChI=1S/C15H17N3O2/c1-9-10(8-16)2-5-14(17-9)15(20)18-11-3-4-12(18)7-13(19)6-11/h2,5,11-13,19H,3-4,6-7H2,1H3. The lowest BCUT2D eigenvalue weighted by Gasteiger charge is -2.37. The predicted molar refractivity (Wildman–Crippen MR) is 71.9 cm³/mol. The van der Waals surface area contributed by atoms with Crippen LogP contribution in [-0.4, -0.2) is 39.1 Å². The topological polar surface area (TPSA) is 77.2 Å². The minimum Gasteiger partial charge on any atom is -0.393 e. The molecule has 1 aromatic heterocycles. The summed E-state index contributed by atoms with van der Waals surface area (Å²) in [4.78, 5) is 18.8. The first-order chi connectivity index (χ1) is 9.60. The Hall–Kier alpha value is -1.93. The molecule has 2 saturated heterocycles. The molecule has 2 aliphatic rings. The molecule has 0 saturated carbocycles. The Morgan fingerprint density at radius 3 is 2.60 bits per heavy atom. The molecule has 0 spiro atoms. The summed E-state index contributed by atoms with van der Waals surface area (Å²) in [7, 11) is 0. The number of rotatable bonds is 1. The molecular weight excluding hydrogens is 254 g/mol. The molecule has 2 fully saturated rings. The van der Waals surface area contributed by atoms with Crippen LogP contribution >= 0.6 is 0 Å². The number of aliphatic hydroxyl groups excluding tert-OH is 1. The van der Waals surface area contributed by atoms with Crippen LogP contribution in [-0.2, 0) is 0 Å². The Balaban J connectivity index is 1.87. The fraction of sp³-hybridized carbons (Fsp3) is 0.533. The van der Waals surface area contributed by atoms with E-state index < -0.39 is 0 Å². The molecule has 104 valence electrons. The first kappa shape index (κ1) is 13.1. The van der Waals surface area contributed by atoms with Crippen LogP contribution in [0.1, 0.15) is 47.4 Å². The molecule has 1 N–H and O–H groups in total. The number of amides is 1. The van der Waals surface area contributed by atoms with Crippen molar-refractivity contribution in [1.82, 2.24) is 9.88 Å². The Morgan fingerprint density at radius 1 is 1.40 bits per heavy atom. The van der Waals surface area contributed by atoms with Gasteiger partial charge in [0.05, 0.1) is 17.4 Å². The zero-order valence-electron chi connectivity index (χ0n) is 11.4. The summed E-state index contributed by atoms with van der Waals surface area (Å²) in [5.74, 6) is -0.0722. The summed E-state index contributed by atoms with van der Waals surface area (Å²) in [5.41, 5.74) is 1.48. The predicted octanol–water partition coefficient (Wildman–Crippen LogP) is 1.39. The van der Waals surface area contributed by atoms with E-state index in [0.717, 1.165) is 12.8 Å². The van der Waals surface area contributed by atoms with Crippen LogP contribution in [0.25, 0.3) is 0 Å². The lowest BCUT2D eigenvalue weighted by Crippen LogP contribution is -2.48. The number of aryl methyl sites for hydroxylation is 1. The molecule has 2 unspecified atom stereocenters. The van der Waals surface area contributed by atoms with Gasteiger partial charge in [-0.05, 0) is 44.7 Å². The maximum Gasteiger partial charge on any atom is 0.272 e. The van der Waals surface area contributed by atoms with Gasteiger partial charge in [0.2, 0.25) is 0 Å². The van der Waals surface area contributed by atoms with E-state index >= 15 is 0 Å². The van der Waals surface area contributed by atoms with Gasteiger partial charge in [-0.1, -0.05) is 0 Å². The monoisotopic (exact) mass is 271 g/mol. The van der Waals surface area contributed by atoms with Crippen LogP contribution in [0.3, 0.4) is 0 Å². The zero-order valence-corrected chi connectivity index (χ0v) is 11.4. The summed E-state index contributed by atoms with van der Waals surface area (Å²) in [6.45, 7) is 1.74. The maximum atomic E-state index is 12.6. The molecule has 2 aliphatic heterocycles. The van der Waals surface area contributed by atoms with E-state index in [1.54, 1.807) is 19.1 Å². The van der Waals surface area contributed by atoms with Gasteiger partial charge in [0, 0.05) is 12.1 Å². The molecular formula is C15H17N3O2. The number of piperidine rings is 1. The molecule has 0 radical (unpaired) electrons. The van der Waals surface area contributed by atoms with E-state index in [9.17, 15) is 9.90 Å². The second-order valence-electron chi connectivity index (χ2n) is 5.66. The van der Waals surface area contributed by atoms with Crippen molar-refractivity contribution in [3.05, 3.63) is 29.1 Å². The zero-order chi connectivity index (χ0) is 14.3. The van der Waals surface area contributed by atoms with Crippen LogP contribution in [0.15, 0.2) is 12.1 Å². The Bertz CT molecular complexity index is 579. The maximum absolute atomic E-state index is 12.6. The van der Waals surface area contributed by atoms with E-state index in [2.05, 4.69) is 11.1 Å². The van der Waals surface area contributed by atoms with Crippen LogP contribution in [0.5, 0.6) is 0 Å². The third-order valence-electron chi connectivity index (χ3n) is 4.37. The van der Waals surface area contributed by atoms with Gasteiger partial charge in [-0.2, -0.15) is 5.26 Å². The Morgan fingerprint density at radius 2 is 2.05 bits per heavy atom. The number of aliphatic hydroxyl groups is 1. The van der Waals surface area contributed by atoms with E-state index in [0.29, 0.717) is 29.8 Å². The molecule has 2 atom stereocenters. The summed E-state index contributed by atoms with van der Waals surface area (Å²) in [6, 6.07) is 5.60. The average molecular weight is 271 g/mol. The highest BCUT2D eigenvalue weighted by atomic mass is 16.3. The molecule has 5 nitrogen and oxygen atoms in total. The normalized spacial score (nSPS) is 28.2. The fourth-order valence-corrected chi connectivity index (χ4v) is 3.41. The number of carbonyl (C=O) groups is 1. The molecule has 0 aliphatic carbocycles. The van der Waals surface area contributed by atoms with Gasteiger partial charge in [0.15, 0.2) is 0 Å². The van der Waals surface area contributed by atoms with Gasteiger partial charge >= 0.3 is 0 Å². The highest BCUT2D eigenvalue weighted by molar-refractivity contribution is 5.93. The van der Waals surface area contributed by atoms with Gasteiger partial charge in [-0.15, -0.1) is 0 Å². The van der Waals surface area contributed by atoms with Crippen molar-refractivity contribution < 1.29 is 9.90 Å². The lowest BCUT2D eigenvalue weighted by atomic mass is 9.99. The molecule has 0 aromatic carbocycles. The highest BCUT2D eigenvalue weighted by Gasteiger charge is 2.43. The van der Waals surface area contributed by atoms with Crippen LogP contribution in [0, 0.1) is 18.3 Å². The third kappa shape index (κ3) is 2.06. The smallest absolute Gasteiger partial charge is 0.272 e. The van der Waals surface area contributed by atoms with Crippen LogP contribution in [0.2, 0.25) is 0 Å². The first-order valence-corrected chi connectivity index (χ1v) is 6.98. The van der Waals surface area contributed by atoms with Crippen LogP contribution in [0.4, 0.5) is 0 Å². The highest BCUT2D eigenvalue weighted by Crippen LogP contribution is 2.36. The summed E-state index contributed by atoms with van der Waals surface area (Å²) in [5, 5.41) is 18.7. The number of aromatic nitrogens is 1. The van der Waals surface area contributed by atoms with E-state index in [1.165, 1.54) is 0 Å². The van der Waals surface area contributed by atoms with E-state index in [1.807, 2.05) is 4.90 Å². The third-order valence-corrected chi connectivity index (χ3v) is 4.37. The number of pyridine rings is 1.